The number of hydrazine groups is 1. The maximum atomic E-state index is 5.62. The molecule has 0 spiro atoms. The van der Waals surface area contributed by atoms with Crippen LogP contribution in [0.25, 0.3) is 0 Å². The SMILES string of the molecule is CC1(C(=NC2CCCC2)NN)CCCS1. The standard InChI is InChI=1S/C11H21N3S/c1-11(7-4-8-15-11)10(14-12)13-9-5-2-3-6-9/h9H,2-8,12H2,1H3,(H,13,14). The summed E-state index contributed by atoms with van der Waals surface area (Å²) in [7, 11) is 0. The largest absolute Gasteiger partial charge is 0.311 e. The molecule has 2 rings (SSSR count). The fourth-order valence-corrected chi connectivity index (χ4v) is 3.78. The quantitative estimate of drug-likeness (QED) is 0.329. The molecule has 1 aliphatic carbocycles. The van der Waals surface area contributed by atoms with Gasteiger partial charge in [0.1, 0.15) is 5.84 Å². The first-order chi connectivity index (χ1) is 7.24. The van der Waals surface area contributed by atoms with Crippen LogP contribution >= 0.6 is 11.8 Å². The van der Waals surface area contributed by atoms with Gasteiger partial charge >= 0.3 is 0 Å². The van der Waals surface area contributed by atoms with Gasteiger partial charge in [0.15, 0.2) is 0 Å². The molecule has 0 bridgehead atoms. The lowest BCUT2D eigenvalue weighted by molar-refractivity contribution is 0.667. The normalized spacial score (nSPS) is 33.6. The Morgan fingerprint density at radius 2 is 2.13 bits per heavy atom. The fraction of sp³-hybridized carbons (Fsp3) is 0.909. The van der Waals surface area contributed by atoms with E-state index in [9.17, 15) is 0 Å². The molecule has 86 valence electrons. The molecule has 0 aromatic rings. The predicted molar refractivity (Wildman–Crippen MR) is 67.1 cm³/mol. The highest BCUT2D eigenvalue weighted by atomic mass is 32.2. The van der Waals surface area contributed by atoms with Crippen LogP contribution in [0.4, 0.5) is 0 Å². The van der Waals surface area contributed by atoms with E-state index >= 15 is 0 Å². The number of nitrogens with zero attached hydrogens (tertiary/aromatic N) is 1. The van der Waals surface area contributed by atoms with Gasteiger partial charge < -0.3 is 5.43 Å². The Labute approximate surface area is 96.3 Å². The van der Waals surface area contributed by atoms with Gasteiger partial charge in [-0.1, -0.05) is 12.8 Å². The summed E-state index contributed by atoms with van der Waals surface area (Å²) in [6.07, 6.45) is 7.63. The molecule has 1 aliphatic heterocycles. The van der Waals surface area contributed by atoms with Crippen LogP contribution < -0.4 is 11.3 Å². The molecule has 3 nitrogen and oxygen atoms in total. The Morgan fingerprint density at radius 1 is 1.40 bits per heavy atom. The Morgan fingerprint density at radius 3 is 2.67 bits per heavy atom. The van der Waals surface area contributed by atoms with Crippen molar-refractivity contribution in [2.24, 2.45) is 10.8 Å². The van der Waals surface area contributed by atoms with Crippen molar-refractivity contribution >= 4 is 17.6 Å². The van der Waals surface area contributed by atoms with Gasteiger partial charge in [-0.05, 0) is 38.4 Å². The lowest BCUT2D eigenvalue weighted by atomic mass is 10.0. The van der Waals surface area contributed by atoms with Crippen molar-refractivity contribution in [3.63, 3.8) is 0 Å². The molecular formula is C11H21N3S. The highest BCUT2D eigenvalue weighted by Gasteiger charge is 2.35. The third kappa shape index (κ3) is 2.48. The molecule has 0 aromatic carbocycles. The van der Waals surface area contributed by atoms with Gasteiger partial charge in [0.25, 0.3) is 0 Å². The van der Waals surface area contributed by atoms with Crippen LogP contribution in [0.2, 0.25) is 0 Å². The zero-order valence-corrected chi connectivity index (χ0v) is 10.3. The van der Waals surface area contributed by atoms with E-state index in [1.54, 1.807) is 0 Å². The monoisotopic (exact) mass is 227 g/mol. The second-order valence-corrected chi connectivity index (χ2v) is 6.34. The third-order valence-electron chi connectivity index (χ3n) is 3.49. The molecule has 1 unspecified atom stereocenters. The molecule has 2 aliphatic rings. The zero-order chi connectivity index (χ0) is 10.7. The molecule has 1 saturated heterocycles. The lowest BCUT2D eigenvalue weighted by Gasteiger charge is -2.25. The predicted octanol–water partition coefficient (Wildman–Crippen LogP) is 2.08. The number of hydrogen-bond donors (Lipinski definition) is 2. The van der Waals surface area contributed by atoms with Gasteiger partial charge in [0.2, 0.25) is 0 Å². The number of aliphatic imine (C=N–C) groups is 1. The van der Waals surface area contributed by atoms with Crippen LogP contribution in [0.1, 0.15) is 45.4 Å². The van der Waals surface area contributed by atoms with Crippen molar-refractivity contribution in [2.45, 2.75) is 56.2 Å². The summed E-state index contributed by atoms with van der Waals surface area (Å²) in [6, 6.07) is 0.522. The Hall–Kier alpha value is -0.220. The average molecular weight is 227 g/mol. The first-order valence-electron chi connectivity index (χ1n) is 5.93. The minimum atomic E-state index is 0.150. The summed E-state index contributed by atoms with van der Waals surface area (Å²) in [6.45, 7) is 2.26. The van der Waals surface area contributed by atoms with Gasteiger partial charge in [-0.3, -0.25) is 4.99 Å². The van der Waals surface area contributed by atoms with E-state index in [4.69, 9.17) is 10.8 Å². The van der Waals surface area contributed by atoms with Crippen LogP contribution in [-0.4, -0.2) is 22.4 Å². The Kier molecular flexibility index (Phi) is 3.57. The molecular weight excluding hydrogens is 206 g/mol. The number of amidine groups is 1. The van der Waals surface area contributed by atoms with E-state index in [0.717, 1.165) is 5.84 Å². The molecule has 1 heterocycles. The van der Waals surface area contributed by atoms with Gasteiger partial charge in [0, 0.05) is 0 Å². The van der Waals surface area contributed by atoms with Crippen LogP contribution in [0.5, 0.6) is 0 Å². The molecule has 0 amide bonds. The van der Waals surface area contributed by atoms with E-state index in [2.05, 4.69) is 12.3 Å². The van der Waals surface area contributed by atoms with E-state index in [1.807, 2.05) is 11.8 Å². The topological polar surface area (TPSA) is 50.4 Å². The van der Waals surface area contributed by atoms with Gasteiger partial charge in [0.05, 0.1) is 10.8 Å². The minimum absolute atomic E-state index is 0.150. The average Bonchev–Trinajstić information content (AvgIpc) is 2.85. The van der Waals surface area contributed by atoms with Gasteiger partial charge in [-0.2, -0.15) is 0 Å². The maximum absolute atomic E-state index is 5.62. The van der Waals surface area contributed by atoms with Crippen molar-refractivity contribution in [1.82, 2.24) is 5.43 Å². The van der Waals surface area contributed by atoms with Crippen LogP contribution in [0, 0.1) is 0 Å². The first-order valence-corrected chi connectivity index (χ1v) is 6.92. The summed E-state index contributed by atoms with van der Waals surface area (Å²) < 4.78 is 0.150. The van der Waals surface area contributed by atoms with Crippen LogP contribution in [-0.2, 0) is 0 Å². The van der Waals surface area contributed by atoms with Gasteiger partial charge in [-0.25, -0.2) is 5.84 Å². The fourth-order valence-electron chi connectivity index (χ4n) is 2.51. The van der Waals surface area contributed by atoms with Crippen LogP contribution in [0.3, 0.4) is 0 Å². The maximum Gasteiger partial charge on any atom is 0.127 e. The molecule has 1 saturated carbocycles. The highest BCUT2D eigenvalue weighted by molar-refractivity contribution is 8.01. The summed E-state index contributed by atoms with van der Waals surface area (Å²) in [5, 5.41) is 0. The molecule has 1 atom stereocenters. The second kappa shape index (κ2) is 4.74. The van der Waals surface area contributed by atoms with Crippen molar-refractivity contribution < 1.29 is 0 Å². The highest BCUT2D eigenvalue weighted by Crippen LogP contribution is 2.38. The zero-order valence-electron chi connectivity index (χ0n) is 9.46. The number of nitrogens with one attached hydrogen (secondary N) is 1. The smallest absolute Gasteiger partial charge is 0.127 e. The number of nitrogens with two attached hydrogens (primary N) is 1. The molecule has 0 radical (unpaired) electrons. The summed E-state index contributed by atoms with van der Waals surface area (Å²) >= 11 is 1.99. The van der Waals surface area contributed by atoms with Crippen molar-refractivity contribution in [3.05, 3.63) is 0 Å². The minimum Gasteiger partial charge on any atom is -0.311 e. The van der Waals surface area contributed by atoms with E-state index < -0.39 is 0 Å². The first kappa shape index (κ1) is 11.3. The van der Waals surface area contributed by atoms with Gasteiger partial charge in [-0.15, -0.1) is 11.8 Å². The van der Waals surface area contributed by atoms with Crippen molar-refractivity contribution in [3.8, 4) is 0 Å². The molecule has 0 aromatic heterocycles. The lowest BCUT2D eigenvalue weighted by Crippen LogP contribution is -2.45. The number of hydrogen-bond acceptors (Lipinski definition) is 3. The third-order valence-corrected chi connectivity index (χ3v) is 5.02. The molecule has 4 heteroatoms. The molecule has 2 fully saturated rings. The van der Waals surface area contributed by atoms with E-state index in [-0.39, 0.29) is 4.75 Å². The Bertz CT molecular complexity index is 240. The van der Waals surface area contributed by atoms with Crippen LogP contribution in [0.15, 0.2) is 4.99 Å². The molecule has 3 N–H and O–H groups in total. The summed E-state index contributed by atoms with van der Waals surface area (Å²) in [4.78, 5) is 4.81. The number of thioether (sulfide) groups is 1. The number of rotatable bonds is 2. The van der Waals surface area contributed by atoms with Crippen molar-refractivity contribution in [1.29, 1.82) is 0 Å². The second-order valence-electron chi connectivity index (χ2n) is 4.74. The van der Waals surface area contributed by atoms with E-state index in [0.29, 0.717) is 6.04 Å². The van der Waals surface area contributed by atoms with Crippen molar-refractivity contribution in [2.75, 3.05) is 5.75 Å². The molecule has 15 heavy (non-hydrogen) atoms. The summed E-state index contributed by atoms with van der Waals surface area (Å²) in [5.41, 5.74) is 2.84. The Balaban J connectivity index is 2.07. The summed E-state index contributed by atoms with van der Waals surface area (Å²) in [5.74, 6) is 7.88. The van der Waals surface area contributed by atoms with E-state index in [1.165, 1.54) is 44.3 Å².